The first-order valence-corrected chi connectivity index (χ1v) is 13.7. The van der Waals surface area contributed by atoms with Crippen molar-refractivity contribution < 1.29 is 38.5 Å². The molecular weight excluding hydrogens is 506 g/mol. The predicted molar refractivity (Wildman–Crippen MR) is 140 cm³/mol. The number of hydrogen-bond acceptors (Lipinski definition) is 7. The van der Waals surface area contributed by atoms with Crippen molar-refractivity contribution in [2.45, 2.75) is 90.6 Å². The molecular formula is C28H39N3O8. The van der Waals surface area contributed by atoms with Crippen LogP contribution in [0.1, 0.15) is 70.4 Å². The third-order valence-corrected chi connectivity index (χ3v) is 7.42. The van der Waals surface area contributed by atoms with Crippen LogP contribution in [0.2, 0.25) is 0 Å². The SMILES string of the molecule is CC(C)(C)[C@@H]1NC(=O)OCCCCCCCOc2ccc3c(c2)CN(C3)C(=O)O[C@@H]2CC(C(=O)O)N(C2)C1=O. The van der Waals surface area contributed by atoms with E-state index in [1.165, 1.54) is 4.90 Å². The summed E-state index contributed by atoms with van der Waals surface area (Å²) < 4.78 is 16.9. The number of carbonyl (C=O) groups excluding carboxylic acids is 3. The van der Waals surface area contributed by atoms with E-state index in [0.717, 1.165) is 42.6 Å². The average Bonchev–Trinajstić information content (AvgIpc) is 3.49. The first-order chi connectivity index (χ1) is 18.5. The van der Waals surface area contributed by atoms with Gasteiger partial charge in [-0.15, -0.1) is 0 Å². The van der Waals surface area contributed by atoms with Crippen LogP contribution in [-0.4, -0.2) is 76.9 Å². The van der Waals surface area contributed by atoms with Gasteiger partial charge in [0.2, 0.25) is 5.91 Å². The van der Waals surface area contributed by atoms with Gasteiger partial charge in [0.1, 0.15) is 23.9 Å². The molecule has 4 rings (SSSR count). The molecule has 11 heteroatoms. The summed E-state index contributed by atoms with van der Waals surface area (Å²) in [4.78, 5) is 54.0. The second kappa shape index (κ2) is 12.1. The molecule has 3 amide bonds. The Morgan fingerprint density at radius 2 is 1.64 bits per heavy atom. The molecule has 3 atom stereocenters. The Labute approximate surface area is 228 Å². The molecule has 0 radical (unpaired) electrons. The van der Waals surface area contributed by atoms with Crippen molar-refractivity contribution in [1.82, 2.24) is 15.1 Å². The number of amides is 3. The van der Waals surface area contributed by atoms with E-state index in [-0.39, 0.29) is 19.6 Å². The summed E-state index contributed by atoms with van der Waals surface area (Å²) in [7, 11) is 0. The summed E-state index contributed by atoms with van der Waals surface area (Å²) in [5.74, 6) is -0.992. The topological polar surface area (TPSA) is 135 Å². The third kappa shape index (κ3) is 7.13. The van der Waals surface area contributed by atoms with Gasteiger partial charge in [0.15, 0.2) is 0 Å². The van der Waals surface area contributed by atoms with E-state index >= 15 is 0 Å². The first kappa shape index (κ1) is 28.5. The number of carbonyl (C=O) groups is 4. The fourth-order valence-corrected chi connectivity index (χ4v) is 5.23. The van der Waals surface area contributed by atoms with Gasteiger partial charge in [0.25, 0.3) is 0 Å². The van der Waals surface area contributed by atoms with Crippen LogP contribution in [0.5, 0.6) is 5.75 Å². The fraction of sp³-hybridized carbons (Fsp3) is 0.643. The van der Waals surface area contributed by atoms with E-state index in [1.54, 1.807) is 25.7 Å². The zero-order valence-electron chi connectivity index (χ0n) is 22.9. The summed E-state index contributed by atoms with van der Waals surface area (Å²) in [5, 5.41) is 12.5. The zero-order valence-corrected chi connectivity index (χ0v) is 22.9. The van der Waals surface area contributed by atoms with E-state index in [0.29, 0.717) is 26.1 Å². The van der Waals surface area contributed by atoms with Crippen LogP contribution in [-0.2, 0) is 32.2 Å². The Morgan fingerprint density at radius 3 is 2.33 bits per heavy atom. The Bertz CT molecular complexity index is 1090. The highest BCUT2D eigenvalue weighted by atomic mass is 16.6. The number of carboxylic acids is 1. The monoisotopic (exact) mass is 545 g/mol. The molecule has 3 aliphatic heterocycles. The molecule has 3 aliphatic rings. The number of aliphatic carboxylic acids is 1. The largest absolute Gasteiger partial charge is 0.494 e. The summed E-state index contributed by atoms with van der Waals surface area (Å²) in [5.41, 5.74) is 1.27. The Kier molecular flexibility index (Phi) is 8.87. The van der Waals surface area contributed by atoms with Crippen molar-refractivity contribution >= 4 is 24.1 Å². The second-order valence-electron chi connectivity index (χ2n) is 11.6. The quantitative estimate of drug-likeness (QED) is 0.546. The average molecular weight is 546 g/mol. The molecule has 2 N–H and O–H groups in total. The lowest BCUT2D eigenvalue weighted by Gasteiger charge is -2.34. The minimum Gasteiger partial charge on any atom is -0.494 e. The third-order valence-electron chi connectivity index (χ3n) is 7.42. The number of cyclic esters (lactones) is 1. The van der Waals surface area contributed by atoms with Crippen LogP contribution in [0, 0.1) is 5.41 Å². The zero-order chi connectivity index (χ0) is 28.2. The van der Waals surface area contributed by atoms with Crippen molar-refractivity contribution in [3.63, 3.8) is 0 Å². The van der Waals surface area contributed by atoms with E-state index in [9.17, 15) is 24.3 Å². The molecule has 1 saturated heterocycles. The summed E-state index contributed by atoms with van der Waals surface area (Å²) >= 11 is 0. The highest BCUT2D eigenvalue weighted by Gasteiger charge is 2.46. The van der Waals surface area contributed by atoms with Crippen molar-refractivity contribution in [3.8, 4) is 5.75 Å². The molecule has 1 aromatic rings. The maximum Gasteiger partial charge on any atom is 0.410 e. The van der Waals surface area contributed by atoms with E-state index in [2.05, 4.69) is 5.32 Å². The lowest BCUT2D eigenvalue weighted by atomic mass is 9.85. The Hall–Kier alpha value is -3.50. The number of nitrogens with one attached hydrogen (secondary N) is 1. The number of carboxylic acid groups (broad SMARTS) is 1. The molecule has 5 bridgehead atoms. The van der Waals surface area contributed by atoms with Gasteiger partial charge in [0.05, 0.1) is 19.8 Å². The van der Waals surface area contributed by atoms with Crippen LogP contribution in [0.25, 0.3) is 0 Å². The van der Waals surface area contributed by atoms with Crippen LogP contribution >= 0.6 is 0 Å². The molecule has 214 valence electrons. The van der Waals surface area contributed by atoms with Gasteiger partial charge in [-0.1, -0.05) is 46.1 Å². The van der Waals surface area contributed by atoms with Crippen LogP contribution in [0.4, 0.5) is 9.59 Å². The van der Waals surface area contributed by atoms with Crippen molar-refractivity contribution in [1.29, 1.82) is 0 Å². The first-order valence-electron chi connectivity index (χ1n) is 13.7. The smallest absolute Gasteiger partial charge is 0.410 e. The van der Waals surface area contributed by atoms with Crippen molar-refractivity contribution in [2.75, 3.05) is 19.8 Å². The molecule has 3 heterocycles. The van der Waals surface area contributed by atoms with E-state index < -0.39 is 47.7 Å². The molecule has 39 heavy (non-hydrogen) atoms. The molecule has 0 aliphatic carbocycles. The number of ether oxygens (including phenoxy) is 3. The molecule has 11 nitrogen and oxygen atoms in total. The van der Waals surface area contributed by atoms with Gasteiger partial charge in [-0.2, -0.15) is 0 Å². The standard InChI is InChI=1S/C28H39N3O8/c1-28(2,3)23-24(32)31-17-21(14-22(31)25(33)34)39-27(36)30-15-18-9-10-20(13-19(18)16-30)37-11-7-5-4-6-8-12-38-26(35)29-23/h9-10,13,21-23H,4-8,11-12,14-17H2,1-3H3,(H,29,35)(H,33,34)/t21-,22?,23-/m1/s1. The van der Waals surface area contributed by atoms with Crippen LogP contribution in [0.3, 0.4) is 0 Å². The van der Waals surface area contributed by atoms with Gasteiger partial charge < -0.3 is 29.5 Å². The maximum absolute atomic E-state index is 13.6. The Balaban J connectivity index is 1.52. The lowest BCUT2D eigenvalue weighted by Crippen LogP contribution is -2.57. The maximum atomic E-state index is 13.6. The number of fused-ring (bicyclic) bond motifs is 4. The Morgan fingerprint density at radius 1 is 0.974 bits per heavy atom. The van der Waals surface area contributed by atoms with Crippen molar-refractivity contribution in [3.05, 3.63) is 29.3 Å². The van der Waals surface area contributed by atoms with Gasteiger partial charge in [0, 0.05) is 19.5 Å². The molecule has 0 saturated carbocycles. The number of rotatable bonds is 1. The minimum atomic E-state index is -1.19. The molecule has 0 spiro atoms. The van der Waals surface area contributed by atoms with Crippen LogP contribution < -0.4 is 10.1 Å². The van der Waals surface area contributed by atoms with Gasteiger partial charge >= 0.3 is 18.2 Å². The summed E-state index contributed by atoms with van der Waals surface area (Å²) in [6, 6.07) is 3.60. The fourth-order valence-electron chi connectivity index (χ4n) is 5.23. The second-order valence-corrected chi connectivity index (χ2v) is 11.6. The van der Waals surface area contributed by atoms with E-state index in [4.69, 9.17) is 14.2 Å². The van der Waals surface area contributed by atoms with Crippen LogP contribution in [0.15, 0.2) is 18.2 Å². The summed E-state index contributed by atoms with van der Waals surface area (Å²) in [6.45, 7) is 6.83. The number of benzene rings is 1. The summed E-state index contributed by atoms with van der Waals surface area (Å²) in [6.07, 6.45) is 2.35. The minimum absolute atomic E-state index is 0.0348. The predicted octanol–water partition coefficient (Wildman–Crippen LogP) is 3.68. The highest BCUT2D eigenvalue weighted by molar-refractivity contribution is 5.90. The van der Waals surface area contributed by atoms with Gasteiger partial charge in [-0.25, -0.2) is 14.4 Å². The van der Waals surface area contributed by atoms with Gasteiger partial charge in [-0.05, 0) is 41.5 Å². The molecule has 0 aromatic heterocycles. The number of nitrogens with zero attached hydrogens (tertiary/aromatic N) is 2. The normalized spacial score (nSPS) is 25.5. The molecule has 1 aromatic carbocycles. The van der Waals surface area contributed by atoms with Crippen molar-refractivity contribution in [2.24, 2.45) is 5.41 Å². The van der Waals surface area contributed by atoms with Gasteiger partial charge in [-0.3, -0.25) is 9.69 Å². The molecule has 1 fully saturated rings. The number of hydrogen-bond donors (Lipinski definition) is 2. The molecule has 1 unspecified atom stereocenters. The van der Waals surface area contributed by atoms with E-state index in [1.807, 2.05) is 18.2 Å². The number of alkyl carbamates (subject to hydrolysis) is 1. The lowest BCUT2D eigenvalue weighted by molar-refractivity contribution is -0.150. The highest BCUT2D eigenvalue weighted by Crippen LogP contribution is 2.30.